The lowest BCUT2D eigenvalue weighted by Gasteiger charge is -2.28. The van der Waals surface area contributed by atoms with Gasteiger partial charge in [0.2, 0.25) is 5.89 Å². The largest absolute Gasteiger partial charge is 0.436 e. The lowest BCUT2D eigenvalue weighted by molar-refractivity contribution is -0.384. The third-order valence-corrected chi connectivity index (χ3v) is 6.04. The van der Waals surface area contributed by atoms with Gasteiger partial charge >= 0.3 is 0 Å². The van der Waals surface area contributed by atoms with Gasteiger partial charge in [0.15, 0.2) is 5.58 Å². The van der Waals surface area contributed by atoms with Crippen LogP contribution in [0.1, 0.15) is 35.2 Å². The third-order valence-electron chi connectivity index (χ3n) is 6.04. The van der Waals surface area contributed by atoms with E-state index < -0.39 is 10.8 Å². The third kappa shape index (κ3) is 4.34. The number of anilines is 2. The summed E-state index contributed by atoms with van der Waals surface area (Å²) in [7, 11) is 0. The number of aryl methyl sites for hydroxylation is 1. The summed E-state index contributed by atoms with van der Waals surface area (Å²) in [6.07, 6.45) is 3.15. The van der Waals surface area contributed by atoms with Crippen LogP contribution in [-0.4, -0.2) is 28.9 Å². The monoisotopic (exact) mass is 456 g/mol. The van der Waals surface area contributed by atoms with E-state index in [0.29, 0.717) is 22.8 Å². The fraction of sp³-hybridized carbons (Fsp3) is 0.231. The number of nitrogens with one attached hydrogen (secondary N) is 1. The topological polar surface area (TPSA) is 102 Å². The summed E-state index contributed by atoms with van der Waals surface area (Å²) in [6, 6.07) is 17.7. The summed E-state index contributed by atoms with van der Waals surface area (Å²) in [5.41, 5.74) is 4.55. The van der Waals surface area contributed by atoms with Gasteiger partial charge in [-0.15, -0.1) is 0 Å². The number of rotatable bonds is 5. The van der Waals surface area contributed by atoms with E-state index in [2.05, 4.69) is 10.3 Å². The number of carbonyl (C=O) groups excluding carboxylic acids is 1. The van der Waals surface area contributed by atoms with E-state index in [1.165, 1.54) is 6.07 Å². The summed E-state index contributed by atoms with van der Waals surface area (Å²) in [6.45, 7) is 3.56. The first-order valence-corrected chi connectivity index (χ1v) is 11.3. The first-order valence-electron chi connectivity index (χ1n) is 11.3. The first-order chi connectivity index (χ1) is 16.5. The number of nitro groups is 1. The number of carbonyl (C=O) groups is 1. The summed E-state index contributed by atoms with van der Waals surface area (Å²) in [5, 5.41) is 14.6. The summed E-state index contributed by atoms with van der Waals surface area (Å²) >= 11 is 0. The molecule has 34 heavy (non-hydrogen) atoms. The second-order valence-electron chi connectivity index (χ2n) is 8.53. The Bertz CT molecular complexity index is 1390. The predicted molar refractivity (Wildman–Crippen MR) is 131 cm³/mol. The number of aromatic nitrogens is 1. The highest BCUT2D eigenvalue weighted by molar-refractivity contribution is 6.05. The molecule has 0 saturated carbocycles. The number of oxazole rings is 1. The van der Waals surface area contributed by atoms with E-state index in [0.717, 1.165) is 49.0 Å². The molecule has 1 amide bonds. The Labute approximate surface area is 196 Å². The van der Waals surface area contributed by atoms with Crippen molar-refractivity contribution >= 4 is 34.1 Å². The molecular weight excluding hydrogens is 432 g/mol. The normalized spacial score (nSPS) is 13.7. The van der Waals surface area contributed by atoms with Gasteiger partial charge in [0.1, 0.15) is 11.2 Å². The van der Waals surface area contributed by atoms with Gasteiger partial charge in [-0.3, -0.25) is 14.9 Å². The molecule has 3 aromatic carbocycles. The molecule has 0 aliphatic carbocycles. The Kier molecular flexibility index (Phi) is 5.71. The maximum atomic E-state index is 12.9. The fourth-order valence-electron chi connectivity index (χ4n) is 4.30. The molecule has 4 aromatic rings. The predicted octanol–water partition coefficient (Wildman–Crippen LogP) is 5.95. The molecule has 0 atom stereocenters. The Morgan fingerprint density at radius 1 is 1.06 bits per heavy atom. The van der Waals surface area contributed by atoms with Crippen LogP contribution in [0.25, 0.3) is 22.6 Å². The summed E-state index contributed by atoms with van der Waals surface area (Å²) < 4.78 is 5.89. The highest BCUT2D eigenvalue weighted by Gasteiger charge is 2.23. The smallest absolute Gasteiger partial charge is 0.293 e. The van der Waals surface area contributed by atoms with Crippen LogP contribution in [0.4, 0.5) is 17.1 Å². The van der Waals surface area contributed by atoms with Gasteiger partial charge in [-0.05, 0) is 74.2 Å². The van der Waals surface area contributed by atoms with Crippen LogP contribution < -0.4 is 10.2 Å². The van der Waals surface area contributed by atoms with Crippen molar-refractivity contribution in [2.75, 3.05) is 23.3 Å². The molecule has 1 aromatic heterocycles. The SMILES string of the molecule is Cc1ccc2nc(-c3cccc(NC(=O)c4ccc(N5CCCCC5)c([N+](=O)[O-])c4)c3)oc2c1. The number of benzene rings is 3. The highest BCUT2D eigenvalue weighted by atomic mass is 16.6. The number of hydrogen-bond acceptors (Lipinski definition) is 6. The fourth-order valence-corrected chi connectivity index (χ4v) is 4.30. The maximum absolute atomic E-state index is 12.9. The van der Waals surface area contributed by atoms with E-state index >= 15 is 0 Å². The van der Waals surface area contributed by atoms with Crippen LogP contribution in [0.2, 0.25) is 0 Å². The zero-order valence-corrected chi connectivity index (χ0v) is 18.8. The van der Waals surface area contributed by atoms with Crippen molar-refractivity contribution in [3.8, 4) is 11.5 Å². The van der Waals surface area contributed by atoms with Crippen molar-refractivity contribution in [1.82, 2.24) is 4.98 Å². The van der Waals surface area contributed by atoms with Crippen LogP contribution in [-0.2, 0) is 0 Å². The Morgan fingerprint density at radius 2 is 1.88 bits per heavy atom. The zero-order chi connectivity index (χ0) is 23.7. The first kappa shape index (κ1) is 21.6. The van der Waals surface area contributed by atoms with Gasteiger partial charge in [0, 0.05) is 36.0 Å². The molecule has 0 radical (unpaired) electrons. The number of hydrogen-bond donors (Lipinski definition) is 1. The average molecular weight is 457 g/mol. The molecular formula is C26H24N4O4. The van der Waals surface area contributed by atoms with Crippen molar-refractivity contribution in [3.63, 3.8) is 0 Å². The van der Waals surface area contributed by atoms with Gasteiger partial charge in [-0.1, -0.05) is 12.1 Å². The van der Waals surface area contributed by atoms with Crippen LogP contribution in [0.5, 0.6) is 0 Å². The minimum atomic E-state index is -0.420. The highest BCUT2D eigenvalue weighted by Crippen LogP contribution is 2.32. The molecule has 1 saturated heterocycles. The second kappa shape index (κ2) is 8.97. The standard InChI is InChI=1S/C26H24N4O4/c1-17-8-10-21-24(14-17)34-26(28-21)19-6-5-7-20(15-19)27-25(31)18-9-11-22(23(16-18)30(32)33)29-12-3-2-4-13-29/h5-11,14-16H,2-4,12-13H2,1H3,(H,27,31). The molecule has 2 heterocycles. The Morgan fingerprint density at radius 3 is 2.68 bits per heavy atom. The molecule has 1 aliphatic heterocycles. The lowest BCUT2D eigenvalue weighted by atomic mass is 10.1. The van der Waals surface area contributed by atoms with Gasteiger partial charge in [0.25, 0.3) is 11.6 Å². The van der Waals surface area contributed by atoms with Crippen molar-refractivity contribution in [3.05, 3.63) is 81.9 Å². The minimum absolute atomic E-state index is 0.0509. The Balaban J connectivity index is 1.38. The molecule has 172 valence electrons. The van der Waals surface area contributed by atoms with Crippen molar-refractivity contribution in [2.45, 2.75) is 26.2 Å². The van der Waals surface area contributed by atoms with Crippen LogP contribution >= 0.6 is 0 Å². The van der Waals surface area contributed by atoms with E-state index in [9.17, 15) is 14.9 Å². The van der Waals surface area contributed by atoms with Crippen molar-refractivity contribution < 1.29 is 14.1 Å². The van der Waals surface area contributed by atoms with E-state index in [4.69, 9.17) is 4.42 Å². The number of nitrogens with zero attached hydrogens (tertiary/aromatic N) is 3. The molecule has 8 heteroatoms. The molecule has 0 spiro atoms. The number of amides is 1. The van der Waals surface area contributed by atoms with Crippen molar-refractivity contribution in [2.24, 2.45) is 0 Å². The average Bonchev–Trinajstić information content (AvgIpc) is 3.27. The zero-order valence-electron chi connectivity index (χ0n) is 18.8. The van der Waals surface area contributed by atoms with Gasteiger partial charge in [0.05, 0.1) is 4.92 Å². The Hall–Kier alpha value is -4.20. The molecule has 5 rings (SSSR count). The summed E-state index contributed by atoms with van der Waals surface area (Å²) in [4.78, 5) is 30.8. The van der Waals surface area contributed by atoms with E-state index in [1.54, 1.807) is 30.3 Å². The molecule has 1 fully saturated rings. The van der Waals surface area contributed by atoms with Gasteiger partial charge in [-0.25, -0.2) is 4.98 Å². The number of fused-ring (bicyclic) bond motifs is 1. The lowest BCUT2D eigenvalue weighted by Crippen LogP contribution is -2.30. The summed E-state index contributed by atoms with van der Waals surface area (Å²) in [5.74, 6) is 0.0388. The molecule has 0 unspecified atom stereocenters. The van der Waals surface area contributed by atoms with Crippen LogP contribution in [0.3, 0.4) is 0 Å². The van der Waals surface area contributed by atoms with Crippen molar-refractivity contribution in [1.29, 1.82) is 0 Å². The minimum Gasteiger partial charge on any atom is -0.436 e. The quantitative estimate of drug-likeness (QED) is 0.294. The molecule has 8 nitrogen and oxygen atoms in total. The molecule has 1 aliphatic rings. The molecule has 1 N–H and O–H groups in total. The van der Waals surface area contributed by atoms with Gasteiger partial charge < -0.3 is 14.6 Å². The van der Waals surface area contributed by atoms with E-state index in [-0.39, 0.29) is 11.3 Å². The number of piperidine rings is 1. The number of nitro benzene ring substituents is 1. The van der Waals surface area contributed by atoms with Gasteiger partial charge in [-0.2, -0.15) is 0 Å². The molecule has 0 bridgehead atoms. The van der Waals surface area contributed by atoms with Crippen LogP contribution in [0, 0.1) is 17.0 Å². The van der Waals surface area contributed by atoms with E-state index in [1.807, 2.05) is 36.1 Å². The second-order valence-corrected chi connectivity index (χ2v) is 8.53. The maximum Gasteiger partial charge on any atom is 0.293 e. The van der Waals surface area contributed by atoms with Crippen LogP contribution in [0.15, 0.2) is 65.1 Å².